The monoisotopic (exact) mass is 394 g/mol. The summed E-state index contributed by atoms with van der Waals surface area (Å²) in [6.07, 6.45) is 7.29. The smallest absolute Gasteiger partial charge is 0.254 e. The molecule has 0 atom stereocenters. The van der Waals surface area contributed by atoms with E-state index in [1.807, 2.05) is 11.8 Å². The summed E-state index contributed by atoms with van der Waals surface area (Å²) in [4.78, 5) is 15.1. The van der Waals surface area contributed by atoms with Crippen LogP contribution in [0.1, 0.15) is 62.2 Å². The molecule has 0 radical (unpaired) electrons. The minimum Gasteiger partial charge on any atom is -0.495 e. The van der Waals surface area contributed by atoms with Gasteiger partial charge in [-0.15, -0.1) is 0 Å². The molecule has 150 valence electrons. The van der Waals surface area contributed by atoms with Crippen molar-refractivity contribution >= 4 is 15.9 Å². The van der Waals surface area contributed by atoms with Crippen molar-refractivity contribution in [3.63, 3.8) is 0 Å². The van der Waals surface area contributed by atoms with Gasteiger partial charge in [-0.2, -0.15) is 4.31 Å². The zero-order chi connectivity index (χ0) is 19.4. The normalized spacial score (nSPS) is 19.2. The van der Waals surface area contributed by atoms with Gasteiger partial charge in [0.1, 0.15) is 10.6 Å². The first kappa shape index (κ1) is 20.1. The fraction of sp³-hybridized carbons (Fsp3) is 0.650. The number of hydrogen-bond acceptors (Lipinski definition) is 4. The molecule has 1 saturated heterocycles. The van der Waals surface area contributed by atoms with Crippen molar-refractivity contribution in [3.05, 3.63) is 23.8 Å². The number of sulfonamides is 1. The summed E-state index contributed by atoms with van der Waals surface area (Å²) in [7, 11) is -2.20. The van der Waals surface area contributed by atoms with E-state index in [4.69, 9.17) is 4.74 Å². The highest BCUT2D eigenvalue weighted by molar-refractivity contribution is 7.89. The van der Waals surface area contributed by atoms with E-state index in [1.165, 1.54) is 23.9 Å². The molecule has 2 fully saturated rings. The molecule has 1 amide bonds. The molecule has 0 bridgehead atoms. The van der Waals surface area contributed by atoms with E-state index in [1.54, 1.807) is 12.1 Å². The molecule has 1 heterocycles. The number of carbonyl (C=O) groups is 1. The van der Waals surface area contributed by atoms with Gasteiger partial charge in [0, 0.05) is 31.2 Å². The molecule has 0 N–H and O–H groups in total. The molecular formula is C20H30N2O4S. The van der Waals surface area contributed by atoms with Crippen molar-refractivity contribution in [2.75, 3.05) is 26.7 Å². The lowest BCUT2D eigenvalue weighted by molar-refractivity contribution is 0.0647. The maximum Gasteiger partial charge on any atom is 0.254 e. The molecule has 2 aliphatic rings. The molecule has 1 aromatic carbocycles. The quantitative estimate of drug-likeness (QED) is 0.743. The van der Waals surface area contributed by atoms with Gasteiger partial charge in [-0.1, -0.05) is 19.3 Å². The summed E-state index contributed by atoms with van der Waals surface area (Å²) in [5.74, 6) is 0.198. The Bertz CT molecular complexity index is 766. The van der Waals surface area contributed by atoms with Gasteiger partial charge >= 0.3 is 0 Å². The van der Waals surface area contributed by atoms with Crippen LogP contribution in [-0.4, -0.2) is 56.3 Å². The van der Waals surface area contributed by atoms with Gasteiger partial charge in [0.2, 0.25) is 10.0 Å². The summed E-state index contributed by atoms with van der Waals surface area (Å²) >= 11 is 0. The Morgan fingerprint density at radius 2 is 1.81 bits per heavy atom. The zero-order valence-corrected chi connectivity index (χ0v) is 17.1. The van der Waals surface area contributed by atoms with E-state index < -0.39 is 10.0 Å². The Morgan fingerprint density at radius 3 is 2.41 bits per heavy atom. The van der Waals surface area contributed by atoms with Crippen molar-refractivity contribution in [2.45, 2.75) is 62.8 Å². The number of methoxy groups -OCH3 is 1. The minimum atomic E-state index is -3.66. The fourth-order valence-corrected chi connectivity index (χ4v) is 5.90. The third-order valence-electron chi connectivity index (χ3n) is 5.71. The van der Waals surface area contributed by atoms with Crippen molar-refractivity contribution < 1.29 is 17.9 Å². The van der Waals surface area contributed by atoms with Crippen molar-refractivity contribution in [3.8, 4) is 5.75 Å². The van der Waals surface area contributed by atoms with Crippen LogP contribution in [0.3, 0.4) is 0 Å². The van der Waals surface area contributed by atoms with E-state index in [-0.39, 0.29) is 16.8 Å². The number of benzene rings is 1. The predicted octanol–water partition coefficient (Wildman–Crippen LogP) is 3.27. The van der Waals surface area contributed by atoms with Gasteiger partial charge in [-0.25, -0.2) is 8.42 Å². The highest BCUT2D eigenvalue weighted by Crippen LogP contribution is 2.31. The number of hydrogen-bond donors (Lipinski definition) is 0. The Kier molecular flexibility index (Phi) is 6.42. The van der Waals surface area contributed by atoms with Crippen LogP contribution in [0.15, 0.2) is 23.1 Å². The van der Waals surface area contributed by atoms with Crippen LogP contribution in [0.2, 0.25) is 0 Å². The molecule has 27 heavy (non-hydrogen) atoms. The van der Waals surface area contributed by atoms with Crippen LogP contribution in [-0.2, 0) is 10.0 Å². The minimum absolute atomic E-state index is 0.0927. The van der Waals surface area contributed by atoms with E-state index in [0.29, 0.717) is 30.9 Å². The Morgan fingerprint density at radius 1 is 1.15 bits per heavy atom. The average Bonchev–Trinajstić information content (AvgIpc) is 3.24. The standard InChI is InChI=1S/C20H30N2O4S/c1-3-22(17-9-5-4-6-10-17)20(23)16-11-12-18(26-2)19(15-16)27(24,25)21-13-7-8-14-21/h11-12,15,17H,3-10,13-14H2,1-2H3. The van der Waals surface area contributed by atoms with Gasteiger partial charge < -0.3 is 9.64 Å². The maximum atomic E-state index is 13.2. The molecule has 7 heteroatoms. The van der Waals surface area contributed by atoms with Gasteiger partial charge in [0.25, 0.3) is 5.91 Å². The summed E-state index contributed by atoms with van der Waals surface area (Å²) in [6.45, 7) is 3.65. The topological polar surface area (TPSA) is 66.9 Å². The first-order chi connectivity index (χ1) is 13.0. The van der Waals surface area contributed by atoms with E-state index in [0.717, 1.165) is 38.5 Å². The first-order valence-electron chi connectivity index (χ1n) is 9.98. The molecule has 0 unspecified atom stereocenters. The largest absolute Gasteiger partial charge is 0.495 e. The van der Waals surface area contributed by atoms with Crippen LogP contribution in [0.25, 0.3) is 0 Å². The first-order valence-corrected chi connectivity index (χ1v) is 11.4. The maximum absolute atomic E-state index is 13.2. The lowest BCUT2D eigenvalue weighted by atomic mass is 9.93. The average molecular weight is 395 g/mol. The van der Waals surface area contributed by atoms with Crippen LogP contribution in [0.4, 0.5) is 0 Å². The van der Waals surface area contributed by atoms with Crippen LogP contribution in [0, 0.1) is 0 Å². The lowest BCUT2D eigenvalue weighted by Crippen LogP contribution is -2.41. The second kappa shape index (κ2) is 8.61. The van der Waals surface area contributed by atoms with Gasteiger partial charge in [-0.3, -0.25) is 4.79 Å². The van der Waals surface area contributed by atoms with Crippen LogP contribution in [0.5, 0.6) is 5.75 Å². The number of nitrogens with zero attached hydrogens (tertiary/aromatic N) is 2. The third kappa shape index (κ3) is 4.14. The summed E-state index contributed by atoms with van der Waals surface area (Å²) in [6, 6.07) is 5.03. The Labute approximate surface area is 162 Å². The zero-order valence-electron chi connectivity index (χ0n) is 16.3. The molecule has 6 nitrogen and oxygen atoms in total. The summed E-state index contributed by atoms with van der Waals surface area (Å²) in [5.41, 5.74) is 0.418. The molecule has 0 spiro atoms. The summed E-state index contributed by atoms with van der Waals surface area (Å²) in [5, 5.41) is 0. The van der Waals surface area contributed by atoms with E-state index >= 15 is 0 Å². The van der Waals surface area contributed by atoms with E-state index in [9.17, 15) is 13.2 Å². The second-order valence-corrected chi connectivity index (χ2v) is 9.27. The number of ether oxygens (including phenoxy) is 1. The molecular weight excluding hydrogens is 364 g/mol. The fourth-order valence-electron chi connectivity index (χ4n) is 4.21. The Hall–Kier alpha value is -1.60. The molecule has 0 aromatic heterocycles. The molecule has 1 aliphatic heterocycles. The molecule has 3 rings (SSSR count). The molecule has 1 saturated carbocycles. The number of amides is 1. The van der Waals surface area contributed by atoms with Gasteiger partial charge in [0.05, 0.1) is 7.11 Å². The van der Waals surface area contributed by atoms with Crippen molar-refractivity contribution in [2.24, 2.45) is 0 Å². The lowest BCUT2D eigenvalue weighted by Gasteiger charge is -2.33. The van der Waals surface area contributed by atoms with E-state index in [2.05, 4.69) is 0 Å². The van der Waals surface area contributed by atoms with Gasteiger partial charge in [0.15, 0.2) is 0 Å². The van der Waals surface area contributed by atoms with Gasteiger partial charge in [-0.05, 0) is 50.8 Å². The molecule has 1 aromatic rings. The Balaban J connectivity index is 1.93. The predicted molar refractivity (Wildman–Crippen MR) is 105 cm³/mol. The third-order valence-corrected chi connectivity index (χ3v) is 7.63. The SMILES string of the molecule is CCN(C(=O)c1ccc(OC)c(S(=O)(=O)N2CCCC2)c1)C1CCCCC1. The molecule has 1 aliphatic carbocycles. The second-order valence-electron chi connectivity index (χ2n) is 7.36. The van der Waals surface area contributed by atoms with Crippen LogP contribution >= 0.6 is 0 Å². The number of rotatable bonds is 6. The van der Waals surface area contributed by atoms with Crippen molar-refractivity contribution in [1.29, 1.82) is 0 Å². The number of carbonyl (C=O) groups excluding carboxylic acids is 1. The highest BCUT2D eigenvalue weighted by atomic mass is 32.2. The van der Waals surface area contributed by atoms with Crippen molar-refractivity contribution in [1.82, 2.24) is 9.21 Å². The highest BCUT2D eigenvalue weighted by Gasteiger charge is 2.32. The van der Waals surface area contributed by atoms with Crippen LogP contribution < -0.4 is 4.74 Å². The summed E-state index contributed by atoms with van der Waals surface area (Å²) < 4.78 is 32.9.